The van der Waals surface area contributed by atoms with E-state index in [9.17, 15) is 9.59 Å². The van der Waals surface area contributed by atoms with Crippen molar-refractivity contribution >= 4 is 45.4 Å². The normalized spacial score (nSPS) is 10.6. The summed E-state index contributed by atoms with van der Waals surface area (Å²) in [6.45, 7) is 5.17. The van der Waals surface area contributed by atoms with E-state index in [1.165, 1.54) is 34.5 Å². The summed E-state index contributed by atoms with van der Waals surface area (Å²) >= 11 is 2.64. The molecule has 0 unspecified atom stereocenters. The molecule has 2 aromatic heterocycles. The van der Waals surface area contributed by atoms with Crippen molar-refractivity contribution in [2.75, 3.05) is 4.90 Å². The van der Waals surface area contributed by atoms with E-state index in [-0.39, 0.29) is 12.5 Å². The van der Waals surface area contributed by atoms with Crippen molar-refractivity contribution in [1.82, 2.24) is 9.97 Å². The Morgan fingerprint density at radius 1 is 1.15 bits per heavy atom. The van der Waals surface area contributed by atoms with Crippen LogP contribution in [-0.4, -0.2) is 21.8 Å². The first-order chi connectivity index (χ1) is 12.5. The molecule has 0 saturated carbocycles. The van der Waals surface area contributed by atoms with Gasteiger partial charge in [0.25, 0.3) is 0 Å². The molecule has 0 saturated heterocycles. The van der Waals surface area contributed by atoms with E-state index in [0.717, 1.165) is 10.7 Å². The zero-order valence-electron chi connectivity index (χ0n) is 14.6. The number of ether oxygens (including phenoxy) is 1. The maximum Gasteiger partial charge on any atom is 0.350 e. The van der Waals surface area contributed by atoms with Crippen molar-refractivity contribution in [1.29, 1.82) is 0 Å². The zero-order chi connectivity index (χ0) is 18.7. The van der Waals surface area contributed by atoms with E-state index in [1.807, 2.05) is 37.3 Å². The van der Waals surface area contributed by atoms with Crippen LogP contribution in [0.3, 0.4) is 0 Å². The summed E-state index contributed by atoms with van der Waals surface area (Å²) in [4.78, 5) is 34.9. The van der Waals surface area contributed by atoms with Crippen molar-refractivity contribution in [3.63, 3.8) is 0 Å². The average molecular weight is 387 g/mol. The molecule has 6 nitrogen and oxygen atoms in total. The number of hydrogen-bond donors (Lipinski definition) is 0. The number of carbonyl (C=O) groups excluding carboxylic acids is 2. The lowest BCUT2D eigenvalue weighted by atomic mass is 10.3. The van der Waals surface area contributed by atoms with Gasteiger partial charge in [-0.15, -0.1) is 22.7 Å². The molecule has 0 N–H and O–H groups in total. The van der Waals surface area contributed by atoms with E-state index < -0.39 is 5.97 Å². The van der Waals surface area contributed by atoms with Crippen LogP contribution in [0.2, 0.25) is 0 Å². The molecule has 0 radical (unpaired) electrons. The number of amides is 1. The molecular weight excluding hydrogens is 370 g/mol. The van der Waals surface area contributed by atoms with Gasteiger partial charge in [-0.05, 0) is 26.0 Å². The predicted molar refractivity (Wildman–Crippen MR) is 102 cm³/mol. The summed E-state index contributed by atoms with van der Waals surface area (Å²) in [5, 5.41) is 3.15. The average Bonchev–Trinajstić information content (AvgIpc) is 3.20. The van der Waals surface area contributed by atoms with Gasteiger partial charge in [0.05, 0.1) is 22.1 Å². The minimum Gasteiger partial charge on any atom is -0.455 e. The lowest BCUT2D eigenvalue weighted by Crippen LogP contribution is -2.22. The highest BCUT2D eigenvalue weighted by atomic mass is 32.1. The van der Waals surface area contributed by atoms with Gasteiger partial charge in [-0.1, -0.05) is 18.2 Å². The molecule has 1 amide bonds. The molecular formula is C18H17N3O3S2. The molecule has 3 aromatic rings. The van der Waals surface area contributed by atoms with Crippen LogP contribution in [0, 0.1) is 13.8 Å². The minimum absolute atomic E-state index is 0.0479. The van der Waals surface area contributed by atoms with Crippen molar-refractivity contribution in [3.05, 3.63) is 57.0 Å². The highest BCUT2D eigenvalue weighted by molar-refractivity contribution is 7.14. The first kappa shape index (κ1) is 18.2. The van der Waals surface area contributed by atoms with Gasteiger partial charge in [-0.25, -0.2) is 14.8 Å². The number of benzene rings is 1. The Labute approximate surface area is 159 Å². The highest BCUT2D eigenvalue weighted by Gasteiger charge is 2.19. The quantitative estimate of drug-likeness (QED) is 0.612. The minimum atomic E-state index is -0.408. The molecule has 3 rings (SSSR count). The van der Waals surface area contributed by atoms with Gasteiger partial charge < -0.3 is 4.74 Å². The molecule has 134 valence electrons. The Kier molecular flexibility index (Phi) is 5.43. The molecule has 1 aromatic carbocycles. The summed E-state index contributed by atoms with van der Waals surface area (Å²) in [7, 11) is 0. The van der Waals surface area contributed by atoms with Gasteiger partial charge in [0, 0.05) is 12.3 Å². The fraction of sp³-hybridized carbons (Fsp3) is 0.222. The van der Waals surface area contributed by atoms with Crippen LogP contribution in [0.5, 0.6) is 0 Å². The summed E-state index contributed by atoms with van der Waals surface area (Å²) in [6.07, 6.45) is 0. The van der Waals surface area contributed by atoms with Crippen LogP contribution in [-0.2, 0) is 16.1 Å². The Bertz CT molecular complexity index is 934. The van der Waals surface area contributed by atoms with Gasteiger partial charge >= 0.3 is 5.97 Å². The number of rotatable bonds is 5. The molecule has 0 aliphatic rings. The van der Waals surface area contributed by atoms with Crippen molar-refractivity contribution in [2.45, 2.75) is 27.4 Å². The van der Waals surface area contributed by atoms with Crippen LogP contribution in [0.4, 0.5) is 10.8 Å². The van der Waals surface area contributed by atoms with E-state index in [0.29, 0.717) is 21.4 Å². The van der Waals surface area contributed by atoms with Crippen LogP contribution >= 0.6 is 22.7 Å². The van der Waals surface area contributed by atoms with Crippen LogP contribution in [0.15, 0.2) is 35.7 Å². The summed E-state index contributed by atoms with van der Waals surface area (Å²) in [5.41, 5.74) is 2.01. The van der Waals surface area contributed by atoms with E-state index in [1.54, 1.807) is 12.3 Å². The first-order valence-corrected chi connectivity index (χ1v) is 9.56. The van der Waals surface area contributed by atoms with Gasteiger partial charge in [-0.2, -0.15) is 0 Å². The lowest BCUT2D eigenvalue weighted by molar-refractivity contribution is -0.115. The number of para-hydroxylation sites is 1. The number of esters is 1. The second-order valence-electron chi connectivity index (χ2n) is 5.53. The molecule has 26 heavy (non-hydrogen) atoms. The molecule has 0 atom stereocenters. The Morgan fingerprint density at radius 2 is 1.88 bits per heavy atom. The standard InChI is InChI=1S/C18H17N3O3S2/c1-11-16(26-12(2)19-11)17(23)24-9-14-10-25-18(20-14)21(13(3)22)15-7-5-4-6-8-15/h4-8,10H,9H2,1-3H3. The van der Waals surface area contributed by atoms with E-state index in [2.05, 4.69) is 9.97 Å². The highest BCUT2D eigenvalue weighted by Crippen LogP contribution is 2.29. The van der Waals surface area contributed by atoms with E-state index >= 15 is 0 Å². The Balaban J connectivity index is 1.72. The van der Waals surface area contributed by atoms with Crippen LogP contribution in [0.25, 0.3) is 0 Å². The number of thiazole rings is 2. The SMILES string of the molecule is CC(=O)N(c1ccccc1)c1nc(COC(=O)c2sc(C)nc2C)cs1. The second kappa shape index (κ2) is 7.76. The number of anilines is 2. The van der Waals surface area contributed by atoms with E-state index in [4.69, 9.17) is 4.74 Å². The van der Waals surface area contributed by atoms with Gasteiger partial charge in [-0.3, -0.25) is 9.69 Å². The third-order valence-electron chi connectivity index (χ3n) is 3.50. The largest absolute Gasteiger partial charge is 0.455 e. The maximum atomic E-state index is 12.2. The molecule has 2 heterocycles. The maximum absolute atomic E-state index is 12.2. The predicted octanol–water partition coefficient (Wildman–Crippen LogP) is 4.26. The third-order valence-corrected chi connectivity index (χ3v) is 5.43. The number of hydrogen-bond acceptors (Lipinski definition) is 7. The van der Waals surface area contributed by atoms with Crippen LogP contribution in [0.1, 0.15) is 33.0 Å². The fourth-order valence-electron chi connectivity index (χ4n) is 2.40. The van der Waals surface area contributed by atoms with Crippen molar-refractivity contribution in [2.24, 2.45) is 0 Å². The Hall–Kier alpha value is -2.58. The Morgan fingerprint density at radius 3 is 2.50 bits per heavy atom. The number of aryl methyl sites for hydroxylation is 2. The summed E-state index contributed by atoms with van der Waals surface area (Å²) in [6, 6.07) is 9.30. The third kappa shape index (κ3) is 3.97. The monoisotopic (exact) mass is 387 g/mol. The number of aromatic nitrogens is 2. The number of carbonyl (C=O) groups is 2. The van der Waals surface area contributed by atoms with Gasteiger partial charge in [0.15, 0.2) is 5.13 Å². The molecule has 0 spiro atoms. The fourth-order valence-corrected chi connectivity index (χ4v) is 4.08. The molecule has 0 fully saturated rings. The smallest absolute Gasteiger partial charge is 0.350 e. The molecule has 0 bridgehead atoms. The van der Waals surface area contributed by atoms with Crippen molar-refractivity contribution in [3.8, 4) is 0 Å². The summed E-state index contributed by atoms with van der Waals surface area (Å²) in [5.74, 6) is -0.543. The van der Waals surface area contributed by atoms with Crippen LogP contribution < -0.4 is 4.90 Å². The molecule has 0 aliphatic heterocycles. The van der Waals surface area contributed by atoms with Gasteiger partial charge in [0.1, 0.15) is 11.5 Å². The first-order valence-electron chi connectivity index (χ1n) is 7.87. The van der Waals surface area contributed by atoms with Crippen molar-refractivity contribution < 1.29 is 14.3 Å². The number of nitrogens with zero attached hydrogens (tertiary/aromatic N) is 3. The van der Waals surface area contributed by atoms with Gasteiger partial charge in [0.2, 0.25) is 5.91 Å². The second-order valence-corrected chi connectivity index (χ2v) is 7.57. The zero-order valence-corrected chi connectivity index (χ0v) is 16.2. The topological polar surface area (TPSA) is 72.4 Å². The lowest BCUT2D eigenvalue weighted by Gasteiger charge is -2.17. The molecule has 8 heteroatoms. The summed E-state index contributed by atoms with van der Waals surface area (Å²) < 4.78 is 5.34. The molecule has 0 aliphatic carbocycles.